The number of aryl methyl sites for hydroxylation is 1. The van der Waals surface area contributed by atoms with Crippen LogP contribution in [0.5, 0.6) is 0 Å². The number of nitrogens with zero attached hydrogens (tertiary/aromatic N) is 2. The molecule has 1 atom stereocenters. The molecule has 1 aliphatic heterocycles. The number of benzene rings is 1. The molecule has 0 bridgehead atoms. The zero-order chi connectivity index (χ0) is 14.1. The first-order valence-electron chi connectivity index (χ1n) is 7.63. The Balaban J connectivity index is 1.68. The maximum Gasteiger partial charge on any atom is 0.126 e. The number of halogens is 1. The third kappa shape index (κ3) is 2.87. The van der Waals surface area contributed by atoms with E-state index in [4.69, 9.17) is 5.73 Å². The number of rotatable bonds is 4. The summed E-state index contributed by atoms with van der Waals surface area (Å²) in [5, 5.41) is 0. The second kappa shape index (κ2) is 5.80. The van der Waals surface area contributed by atoms with Gasteiger partial charge in [-0.2, -0.15) is 0 Å². The number of hydrogen-bond acceptors (Lipinski definition) is 3. The summed E-state index contributed by atoms with van der Waals surface area (Å²) >= 11 is 0. The van der Waals surface area contributed by atoms with Crippen molar-refractivity contribution in [3.05, 3.63) is 35.1 Å². The number of hydrogen-bond donors (Lipinski definition) is 1. The first kappa shape index (κ1) is 14.0. The van der Waals surface area contributed by atoms with Gasteiger partial charge in [0.15, 0.2) is 0 Å². The van der Waals surface area contributed by atoms with Crippen molar-refractivity contribution in [1.82, 2.24) is 9.80 Å². The van der Waals surface area contributed by atoms with Gasteiger partial charge in [-0.25, -0.2) is 4.39 Å². The minimum absolute atomic E-state index is 0.136. The van der Waals surface area contributed by atoms with Gasteiger partial charge in [-0.1, -0.05) is 12.1 Å². The van der Waals surface area contributed by atoms with E-state index in [2.05, 4.69) is 9.80 Å². The van der Waals surface area contributed by atoms with Crippen LogP contribution in [0.3, 0.4) is 0 Å². The lowest BCUT2D eigenvalue weighted by atomic mass is 10.0. The summed E-state index contributed by atoms with van der Waals surface area (Å²) in [4.78, 5) is 5.05. The van der Waals surface area contributed by atoms with E-state index in [-0.39, 0.29) is 11.9 Å². The smallest absolute Gasteiger partial charge is 0.126 e. The van der Waals surface area contributed by atoms with Crippen LogP contribution in [0.4, 0.5) is 4.39 Å². The zero-order valence-corrected chi connectivity index (χ0v) is 12.2. The highest BCUT2D eigenvalue weighted by molar-refractivity contribution is 5.27. The molecule has 1 aromatic carbocycles. The Bertz CT molecular complexity index is 465. The van der Waals surface area contributed by atoms with Crippen LogP contribution in [0, 0.1) is 12.7 Å². The number of nitrogens with two attached hydrogens (primary N) is 1. The predicted octanol–water partition coefficient (Wildman–Crippen LogP) is 1.91. The minimum Gasteiger partial charge on any atom is -0.329 e. The van der Waals surface area contributed by atoms with Crippen LogP contribution in [0.2, 0.25) is 0 Å². The van der Waals surface area contributed by atoms with Crippen molar-refractivity contribution in [3.63, 3.8) is 0 Å². The molecule has 3 rings (SSSR count). The van der Waals surface area contributed by atoms with Gasteiger partial charge in [-0.05, 0) is 37.0 Å². The molecule has 0 amide bonds. The van der Waals surface area contributed by atoms with E-state index in [0.717, 1.165) is 37.8 Å². The molecular weight excluding hydrogens is 253 g/mol. The molecule has 1 aliphatic carbocycles. The summed E-state index contributed by atoms with van der Waals surface area (Å²) in [6.07, 6.45) is 2.74. The average Bonchev–Trinajstić information content (AvgIpc) is 3.29. The maximum absolute atomic E-state index is 13.4. The van der Waals surface area contributed by atoms with Crippen molar-refractivity contribution in [2.75, 3.05) is 32.7 Å². The van der Waals surface area contributed by atoms with Gasteiger partial charge >= 0.3 is 0 Å². The molecule has 3 nitrogen and oxygen atoms in total. The molecule has 0 radical (unpaired) electrons. The largest absolute Gasteiger partial charge is 0.329 e. The molecule has 2 aliphatic rings. The minimum atomic E-state index is -0.136. The summed E-state index contributed by atoms with van der Waals surface area (Å²) in [6.45, 7) is 6.82. The lowest BCUT2D eigenvalue weighted by Gasteiger charge is -2.39. The van der Waals surface area contributed by atoms with E-state index in [1.807, 2.05) is 19.1 Å². The Labute approximate surface area is 120 Å². The summed E-state index contributed by atoms with van der Waals surface area (Å²) in [5.74, 6) is -0.136. The molecule has 0 spiro atoms. The lowest BCUT2D eigenvalue weighted by molar-refractivity contribution is 0.0938. The van der Waals surface area contributed by atoms with Crippen molar-refractivity contribution < 1.29 is 4.39 Å². The number of piperazine rings is 1. The first-order chi connectivity index (χ1) is 9.69. The standard InChI is InChI=1S/C16H24FN3/c1-12-10-13(2-5-15(12)17)16(11-18)20-8-6-19(7-9-20)14-3-4-14/h2,5,10,14,16H,3-4,6-9,11,18H2,1H3. The van der Waals surface area contributed by atoms with Crippen LogP contribution in [0.25, 0.3) is 0 Å². The average molecular weight is 277 g/mol. The van der Waals surface area contributed by atoms with Gasteiger partial charge in [-0.15, -0.1) is 0 Å². The van der Waals surface area contributed by atoms with E-state index in [0.29, 0.717) is 12.1 Å². The molecule has 2 N–H and O–H groups in total. The highest BCUT2D eigenvalue weighted by Crippen LogP contribution is 2.29. The lowest BCUT2D eigenvalue weighted by Crippen LogP contribution is -2.49. The van der Waals surface area contributed by atoms with Crippen molar-refractivity contribution in [1.29, 1.82) is 0 Å². The topological polar surface area (TPSA) is 32.5 Å². The molecule has 1 aromatic rings. The van der Waals surface area contributed by atoms with Crippen LogP contribution in [-0.2, 0) is 0 Å². The van der Waals surface area contributed by atoms with Gasteiger partial charge in [0.1, 0.15) is 5.82 Å². The van der Waals surface area contributed by atoms with Gasteiger partial charge < -0.3 is 5.73 Å². The van der Waals surface area contributed by atoms with Crippen molar-refractivity contribution in [2.45, 2.75) is 31.8 Å². The molecule has 110 valence electrons. The highest BCUT2D eigenvalue weighted by Gasteiger charge is 2.32. The van der Waals surface area contributed by atoms with E-state index >= 15 is 0 Å². The van der Waals surface area contributed by atoms with Crippen LogP contribution in [-0.4, -0.2) is 48.6 Å². The Morgan fingerprint density at radius 2 is 1.95 bits per heavy atom. The van der Waals surface area contributed by atoms with Gasteiger partial charge in [-0.3, -0.25) is 9.80 Å². The molecule has 1 saturated carbocycles. The monoisotopic (exact) mass is 277 g/mol. The van der Waals surface area contributed by atoms with Crippen molar-refractivity contribution in [3.8, 4) is 0 Å². The normalized spacial score (nSPS) is 22.9. The predicted molar refractivity (Wildman–Crippen MR) is 79.1 cm³/mol. The van der Waals surface area contributed by atoms with Crippen molar-refractivity contribution in [2.24, 2.45) is 5.73 Å². The van der Waals surface area contributed by atoms with Crippen LogP contribution in [0.15, 0.2) is 18.2 Å². The molecular formula is C16H24FN3. The fourth-order valence-corrected chi connectivity index (χ4v) is 3.23. The summed E-state index contributed by atoms with van der Waals surface area (Å²) in [6, 6.07) is 6.46. The third-order valence-electron chi connectivity index (χ3n) is 4.64. The van der Waals surface area contributed by atoms with Gasteiger partial charge in [0, 0.05) is 44.8 Å². The molecule has 4 heteroatoms. The van der Waals surface area contributed by atoms with Gasteiger partial charge in [0.05, 0.1) is 0 Å². The first-order valence-corrected chi connectivity index (χ1v) is 7.63. The molecule has 1 saturated heterocycles. The molecule has 0 aromatic heterocycles. The molecule has 1 heterocycles. The van der Waals surface area contributed by atoms with Crippen LogP contribution in [0.1, 0.15) is 30.0 Å². The van der Waals surface area contributed by atoms with E-state index < -0.39 is 0 Å². The van der Waals surface area contributed by atoms with Crippen LogP contribution < -0.4 is 5.73 Å². The fraction of sp³-hybridized carbons (Fsp3) is 0.625. The van der Waals surface area contributed by atoms with Crippen molar-refractivity contribution >= 4 is 0 Å². The molecule has 2 fully saturated rings. The second-order valence-electron chi connectivity index (χ2n) is 6.06. The van der Waals surface area contributed by atoms with Gasteiger partial charge in [0.25, 0.3) is 0 Å². The second-order valence-corrected chi connectivity index (χ2v) is 6.06. The zero-order valence-electron chi connectivity index (χ0n) is 12.2. The Morgan fingerprint density at radius 3 is 2.50 bits per heavy atom. The summed E-state index contributed by atoms with van der Waals surface area (Å²) < 4.78 is 13.4. The third-order valence-corrected chi connectivity index (χ3v) is 4.64. The summed E-state index contributed by atoms with van der Waals surface area (Å²) in [5.41, 5.74) is 7.83. The van der Waals surface area contributed by atoms with E-state index in [1.54, 1.807) is 6.07 Å². The molecule has 1 unspecified atom stereocenters. The van der Waals surface area contributed by atoms with Crippen LogP contribution >= 0.6 is 0 Å². The highest BCUT2D eigenvalue weighted by atomic mass is 19.1. The Kier molecular flexibility index (Phi) is 4.06. The fourth-order valence-electron chi connectivity index (χ4n) is 3.23. The van der Waals surface area contributed by atoms with E-state index in [9.17, 15) is 4.39 Å². The summed E-state index contributed by atoms with van der Waals surface area (Å²) in [7, 11) is 0. The Morgan fingerprint density at radius 1 is 1.25 bits per heavy atom. The van der Waals surface area contributed by atoms with Gasteiger partial charge in [0.2, 0.25) is 0 Å². The molecule has 20 heavy (non-hydrogen) atoms. The van der Waals surface area contributed by atoms with E-state index in [1.165, 1.54) is 12.8 Å². The Hall–Kier alpha value is -0.970. The quantitative estimate of drug-likeness (QED) is 0.912. The maximum atomic E-state index is 13.4. The SMILES string of the molecule is Cc1cc(C(CN)N2CCN(C3CC3)CC2)ccc1F.